The van der Waals surface area contributed by atoms with Crippen molar-refractivity contribution in [1.82, 2.24) is 14.8 Å². The molecule has 0 aliphatic rings. The summed E-state index contributed by atoms with van der Waals surface area (Å²) in [6.45, 7) is 1.90. The van der Waals surface area contributed by atoms with Gasteiger partial charge in [0.1, 0.15) is 0 Å². The molecule has 10 heteroatoms. The van der Waals surface area contributed by atoms with Gasteiger partial charge < -0.3 is 9.30 Å². The van der Waals surface area contributed by atoms with Gasteiger partial charge in [-0.1, -0.05) is 29.5 Å². The number of rotatable bonds is 7. The third-order valence-corrected chi connectivity index (χ3v) is 6.50. The summed E-state index contributed by atoms with van der Waals surface area (Å²) in [5.74, 6) is 0.400. The molecule has 3 rings (SSSR count). The van der Waals surface area contributed by atoms with Gasteiger partial charge in [-0.15, -0.1) is 10.2 Å². The molecule has 2 aromatic carbocycles. The molecule has 0 fully saturated rings. The van der Waals surface area contributed by atoms with E-state index in [1.54, 1.807) is 60.1 Å². The van der Waals surface area contributed by atoms with Crippen LogP contribution in [0, 0.1) is 6.92 Å². The number of esters is 1. The van der Waals surface area contributed by atoms with E-state index in [2.05, 4.69) is 19.7 Å². The van der Waals surface area contributed by atoms with Crippen molar-refractivity contribution in [1.29, 1.82) is 0 Å². The molecule has 0 amide bonds. The highest BCUT2D eigenvalue weighted by atomic mass is 32.2. The van der Waals surface area contributed by atoms with Crippen LogP contribution < -0.4 is 4.72 Å². The Morgan fingerprint density at radius 2 is 1.76 bits per heavy atom. The van der Waals surface area contributed by atoms with E-state index < -0.39 is 10.0 Å². The van der Waals surface area contributed by atoms with Crippen LogP contribution in [-0.4, -0.2) is 42.0 Å². The number of methoxy groups -OCH3 is 1. The summed E-state index contributed by atoms with van der Waals surface area (Å²) in [6, 6.07) is 13.5. The Hall–Kier alpha value is -2.85. The molecule has 152 valence electrons. The van der Waals surface area contributed by atoms with Crippen molar-refractivity contribution in [3.8, 4) is 11.4 Å². The molecule has 0 bridgehead atoms. The molecule has 0 saturated carbocycles. The van der Waals surface area contributed by atoms with E-state index >= 15 is 0 Å². The summed E-state index contributed by atoms with van der Waals surface area (Å²) >= 11 is 1.23. The number of nitrogens with zero attached hydrogens (tertiary/aromatic N) is 3. The first kappa shape index (κ1) is 20.9. The molecule has 8 nitrogen and oxygen atoms in total. The normalized spacial score (nSPS) is 11.3. The number of anilines is 1. The predicted octanol–water partition coefficient (Wildman–Crippen LogP) is 2.86. The summed E-state index contributed by atoms with van der Waals surface area (Å²) in [4.78, 5) is 11.5. The summed E-state index contributed by atoms with van der Waals surface area (Å²) < 4.78 is 33.9. The Balaban J connectivity index is 1.74. The molecular weight excluding hydrogens is 412 g/mol. The highest BCUT2D eigenvalue weighted by Crippen LogP contribution is 2.25. The van der Waals surface area contributed by atoms with Crippen molar-refractivity contribution >= 4 is 33.4 Å². The SMILES string of the molecule is COC(=O)CSc1nnc(-c2ccc(NS(=O)(=O)c3ccc(C)cc3)cc2)n1C. The molecule has 29 heavy (non-hydrogen) atoms. The average Bonchev–Trinajstić information content (AvgIpc) is 3.07. The van der Waals surface area contributed by atoms with Crippen LogP contribution in [0.5, 0.6) is 0 Å². The zero-order chi connectivity index (χ0) is 21.0. The zero-order valence-electron chi connectivity index (χ0n) is 16.1. The van der Waals surface area contributed by atoms with Crippen LogP contribution in [0.25, 0.3) is 11.4 Å². The van der Waals surface area contributed by atoms with Crippen molar-refractivity contribution < 1.29 is 17.9 Å². The maximum Gasteiger partial charge on any atom is 0.316 e. The smallest absolute Gasteiger partial charge is 0.316 e. The van der Waals surface area contributed by atoms with Crippen LogP contribution in [0.4, 0.5) is 5.69 Å². The second kappa shape index (κ2) is 8.66. The van der Waals surface area contributed by atoms with Gasteiger partial charge in [-0.25, -0.2) is 8.42 Å². The minimum absolute atomic E-state index is 0.141. The molecule has 0 atom stereocenters. The van der Waals surface area contributed by atoms with Gasteiger partial charge in [-0.3, -0.25) is 9.52 Å². The largest absolute Gasteiger partial charge is 0.468 e. The summed E-state index contributed by atoms with van der Waals surface area (Å²) in [7, 11) is -0.532. The lowest BCUT2D eigenvalue weighted by atomic mass is 10.2. The number of hydrogen-bond acceptors (Lipinski definition) is 7. The van der Waals surface area contributed by atoms with Gasteiger partial charge in [0.15, 0.2) is 11.0 Å². The van der Waals surface area contributed by atoms with Crippen molar-refractivity contribution in [2.45, 2.75) is 17.0 Å². The average molecular weight is 433 g/mol. The van der Waals surface area contributed by atoms with Gasteiger partial charge in [-0.05, 0) is 43.3 Å². The van der Waals surface area contributed by atoms with E-state index in [1.807, 2.05) is 6.92 Å². The number of carbonyl (C=O) groups is 1. The molecule has 0 aliphatic heterocycles. The van der Waals surface area contributed by atoms with Crippen LogP contribution in [0.3, 0.4) is 0 Å². The maximum absolute atomic E-state index is 12.5. The lowest BCUT2D eigenvalue weighted by Crippen LogP contribution is -2.12. The number of ether oxygens (including phenoxy) is 1. The first-order valence-electron chi connectivity index (χ1n) is 8.59. The Bertz CT molecular complexity index is 1110. The number of benzene rings is 2. The molecule has 0 radical (unpaired) electrons. The van der Waals surface area contributed by atoms with Crippen LogP contribution >= 0.6 is 11.8 Å². The monoisotopic (exact) mass is 432 g/mol. The number of aryl methyl sites for hydroxylation is 1. The fourth-order valence-electron chi connectivity index (χ4n) is 2.49. The number of nitrogens with one attached hydrogen (secondary N) is 1. The number of thioether (sulfide) groups is 1. The Kier molecular flexibility index (Phi) is 6.23. The van der Waals surface area contributed by atoms with Crippen molar-refractivity contribution in [3.05, 3.63) is 54.1 Å². The minimum Gasteiger partial charge on any atom is -0.468 e. The second-order valence-electron chi connectivity index (χ2n) is 6.23. The molecular formula is C19H20N4O4S2. The Morgan fingerprint density at radius 3 is 2.38 bits per heavy atom. The fraction of sp³-hybridized carbons (Fsp3) is 0.211. The second-order valence-corrected chi connectivity index (χ2v) is 8.85. The molecule has 1 aromatic heterocycles. The topological polar surface area (TPSA) is 103 Å². The Labute approximate surface area is 173 Å². The first-order valence-corrected chi connectivity index (χ1v) is 11.1. The molecule has 0 saturated heterocycles. The van der Waals surface area contributed by atoms with Crippen molar-refractivity contribution in [3.63, 3.8) is 0 Å². The van der Waals surface area contributed by atoms with Crippen LogP contribution in [-0.2, 0) is 26.6 Å². The van der Waals surface area contributed by atoms with Gasteiger partial charge in [0.2, 0.25) is 0 Å². The number of carbonyl (C=O) groups excluding carboxylic acids is 1. The van der Waals surface area contributed by atoms with Gasteiger partial charge >= 0.3 is 5.97 Å². The Morgan fingerprint density at radius 1 is 1.10 bits per heavy atom. The van der Waals surface area contributed by atoms with E-state index in [0.29, 0.717) is 16.7 Å². The summed E-state index contributed by atoms with van der Waals surface area (Å²) in [5, 5.41) is 8.81. The summed E-state index contributed by atoms with van der Waals surface area (Å²) in [5.41, 5.74) is 2.20. The van der Waals surface area contributed by atoms with Crippen molar-refractivity contribution in [2.75, 3.05) is 17.6 Å². The van der Waals surface area contributed by atoms with E-state index in [9.17, 15) is 13.2 Å². The van der Waals surface area contributed by atoms with Crippen molar-refractivity contribution in [2.24, 2.45) is 7.05 Å². The molecule has 1 heterocycles. The van der Waals surface area contributed by atoms with Gasteiger partial charge in [0.25, 0.3) is 10.0 Å². The van der Waals surface area contributed by atoms with Crippen LogP contribution in [0.1, 0.15) is 5.56 Å². The van der Waals surface area contributed by atoms with Gasteiger partial charge in [0.05, 0.1) is 17.8 Å². The number of aromatic nitrogens is 3. The molecule has 3 aromatic rings. The summed E-state index contributed by atoms with van der Waals surface area (Å²) in [6.07, 6.45) is 0. The van der Waals surface area contributed by atoms with E-state index in [1.165, 1.54) is 18.9 Å². The zero-order valence-corrected chi connectivity index (χ0v) is 17.8. The molecule has 0 aliphatic carbocycles. The lowest BCUT2D eigenvalue weighted by molar-refractivity contribution is -0.137. The first-order chi connectivity index (χ1) is 13.8. The quantitative estimate of drug-likeness (QED) is 0.452. The predicted molar refractivity (Wildman–Crippen MR) is 111 cm³/mol. The van der Waals surface area contributed by atoms with E-state index in [-0.39, 0.29) is 16.6 Å². The minimum atomic E-state index is -3.66. The number of sulfonamides is 1. The van der Waals surface area contributed by atoms with Crippen LogP contribution in [0.15, 0.2) is 58.6 Å². The van der Waals surface area contributed by atoms with Crippen LogP contribution in [0.2, 0.25) is 0 Å². The highest BCUT2D eigenvalue weighted by Gasteiger charge is 2.15. The molecule has 1 N–H and O–H groups in total. The van der Waals surface area contributed by atoms with Gasteiger partial charge in [-0.2, -0.15) is 0 Å². The van der Waals surface area contributed by atoms with E-state index in [0.717, 1.165) is 11.1 Å². The highest BCUT2D eigenvalue weighted by molar-refractivity contribution is 7.99. The third kappa shape index (κ3) is 4.96. The molecule has 0 spiro atoms. The fourth-order valence-corrected chi connectivity index (χ4v) is 4.30. The molecule has 0 unspecified atom stereocenters. The standard InChI is InChI=1S/C19H20N4O4S2/c1-13-4-10-16(11-5-13)29(25,26)22-15-8-6-14(7-9-15)18-20-21-19(23(18)2)28-12-17(24)27-3/h4-11,22H,12H2,1-3H3. The third-order valence-electron chi connectivity index (χ3n) is 4.11. The van der Waals surface area contributed by atoms with E-state index in [4.69, 9.17) is 0 Å². The lowest BCUT2D eigenvalue weighted by Gasteiger charge is -2.09. The van der Waals surface area contributed by atoms with Gasteiger partial charge in [0, 0.05) is 18.3 Å². The maximum atomic E-state index is 12.5. The number of hydrogen-bond donors (Lipinski definition) is 1.